The third-order valence-electron chi connectivity index (χ3n) is 2.41. The SMILES string of the molecule is COc1cc(NCc2nncn2C)ccc1Br. The van der Waals surface area contributed by atoms with Crippen LogP contribution in [0.2, 0.25) is 0 Å². The number of nitrogens with one attached hydrogen (secondary N) is 1. The fraction of sp³-hybridized carbons (Fsp3) is 0.273. The predicted octanol–water partition coefficient (Wildman–Crippen LogP) is 2.20. The number of ether oxygens (including phenoxy) is 1. The van der Waals surface area contributed by atoms with Crippen molar-refractivity contribution in [3.05, 3.63) is 34.8 Å². The monoisotopic (exact) mass is 296 g/mol. The molecule has 0 unspecified atom stereocenters. The zero-order valence-electron chi connectivity index (χ0n) is 9.64. The number of halogens is 1. The van der Waals surface area contributed by atoms with Gasteiger partial charge < -0.3 is 14.6 Å². The third kappa shape index (κ3) is 2.76. The molecule has 0 aliphatic carbocycles. The van der Waals surface area contributed by atoms with Crippen LogP contribution in [0, 0.1) is 0 Å². The fourth-order valence-electron chi connectivity index (χ4n) is 1.42. The van der Waals surface area contributed by atoms with Gasteiger partial charge in [-0.05, 0) is 28.1 Å². The first-order valence-electron chi connectivity index (χ1n) is 5.11. The lowest BCUT2D eigenvalue weighted by atomic mass is 10.3. The van der Waals surface area contributed by atoms with Crippen LogP contribution in [0.25, 0.3) is 0 Å². The summed E-state index contributed by atoms with van der Waals surface area (Å²) in [6, 6.07) is 5.85. The van der Waals surface area contributed by atoms with Gasteiger partial charge in [0.25, 0.3) is 0 Å². The van der Waals surface area contributed by atoms with Gasteiger partial charge in [-0.2, -0.15) is 0 Å². The van der Waals surface area contributed by atoms with Crippen molar-refractivity contribution in [2.24, 2.45) is 7.05 Å². The molecule has 17 heavy (non-hydrogen) atoms. The van der Waals surface area contributed by atoms with Crippen molar-refractivity contribution in [2.45, 2.75) is 6.54 Å². The lowest BCUT2D eigenvalue weighted by molar-refractivity contribution is 0.412. The van der Waals surface area contributed by atoms with E-state index < -0.39 is 0 Å². The minimum absolute atomic E-state index is 0.626. The molecule has 0 spiro atoms. The van der Waals surface area contributed by atoms with Gasteiger partial charge in [0.15, 0.2) is 5.82 Å². The number of benzene rings is 1. The first-order valence-corrected chi connectivity index (χ1v) is 5.90. The number of methoxy groups -OCH3 is 1. The highest BCUT2D eigenvalue weighted by Crippen LogP contribution is 2.27. The molecular weight excluding hydrogens is 284 g/mol. The summed E-state index contributed by atoms with van der Waals surface area (Å²) < 4.78 is 8.04. The Morgan fingerprint density at radius 2 is 2.29 bits per heavy atom. The maximum Gasteiger partial charge on any atom is 0.151 e. The van der Waals surface area contributed by atoms with E-state index in [0.29, 0.717) is 6.54 Å². The largest absolute Gasteiger partial charge is 0.495 e. The molecule has 0 aliphatic rings. The number of hydrogen-bond donors (Lipinski definition) is 1. The van der Waals surface area contributed by atoms with Crippen molar-refractivity contribution in [1.29, 1.82) is 0 Å². The molecule has 0 radical (unpaired) electrons. The van der Waals surface area contributed by atoms with Crippen molar-refractivity contribution in [2.75, 3.05) is 12.4 Å². The maximum atomic E-state index is 5.23. The lowest BCUT2D eigenvalue weighted by Crippen LogP contribution is -2.05. The van der Waals surface area contributed by atoms with Crippen molar-refractivity contribution in [3.8, 4) is 5.75 Å². The van der Waals surface area contributed by atoms with Crippen LogP contribution >= 0.6 is 15.9 Å². The second kappa shape index (κ2) is 5.18. The Morgan fingerprint density at radius 3 is 2.94 bits per heavy atom. The average molecular weight is 297 g/mol. The average Bonchev–Trinajstić information content (AvgIpc) is 2.74. The predicted molar refractivity (Wildman–Crippen MR) is 69.0 cm³/mol. The first kappa shape index (κ1) is 11.9. The zero-order chi connectivity index (χ0) is 12.3. The second-order valence-corrected chi connectivity index (χ2v) is 4.42. The molecule has 1 aromatic carbocycles. The fourth-order valence-corrected chi connectivity index (χ4v) is 1.83. The summed E-state index contributed by atoms with van der Waals surface area (Å²) in [5.41, 5.74) is 0.980. The summed E-state index contributed by atoms with van der Waals surface area (Å²) in [4.78, 5) is 0. The van der Waals surface area contributed by atoms with Gasteiger partial charge in [-0.25, -0.2) is 0 Å². The zero-order valence-corrected chi connectivity index (χ0v) is 11.2. The van der Waals surface area contributed by atoms with Crippen LogP contribution < -0.4 is 10.1 Å². The number of rotatable bonds is 4. The van der Waals surface area contributed by atoms with E-state index in [0.717, 1.165) is 21.7 Å². The van der Waals surface area contributed by atoms with Gasteiger partial charge >= 0.3 is 0 Å². The van der Waals surface area contributed by atoms with Crippen molar-refractivity contribution < 1.29 is 4.74 Å². The summed E-state index contributed by atoms with van der Waals surface area (Å²) in [6.07, 6.45) is 1.68. The molecule has 1 N–H and O–H groups in total. The van der Waals surface area contributed by atoms with E-state index in [2.05, 4.69) is 31.4 Å². The van der Waals surface area contributed by atoms with E-state index in [1.54, 1.807) is 13.4 Å². The van der Waals surface area contributed by atoms with E-state index in [-0.39, 0.29) is 0 Å². The topological polar surface area (TPSA) is 52.0 Å². The molecule has 6 heteroatoms. The number of aromatic nitrogens is 3. The summed E-state index contributed by atoms with van der Waals surface area (Å²) in [5, 5.41) is 11.1. The van der Waals surface area contributed by atoms with Gasteiger partial charge in [-0.1, -0.05) is 0 Å². The molecule has 1 aromatic heterocycles. The minimum Gasteiger partial charge on any atom is -0.495 e. The van der Waals surface area contributed by atoms with Gasteiger partial charge in [-0.15, -0.1) is 10.2 Å². The molecule has 0 saturated carbocycles. The highest BCUT2D eigenvalue weighted by molar-refractivity contribution is 9.10. The van der Waals surface area contributed by atoms with Crippen molar-refractivity contribution >= 4 is 21.6 Å². The minimum atomic E-state index is 0.626. The highest BCUT2D eigenvalue weighted by Gasteiger charge is 2.03. The van der Waals surface area contributed by atoms with Gasteiger partial charge in [0.2, 0.25) is 0 Å². The highest BCUT2D eigenvalue weighted by atomic mass is 79.9. The van der Waals surface area contributed by atoms with E-state index in [1.165, 1.54) is 0 Å². The molecule has 2 aromatic rings. The molecule has 0 bridgehead atoms. The number of hydrogen-bond acceptors (Lipinski definition) is 4. The summed E-state index contributed by atoms with van der Waals surface area (Å²) in [5.74, 6) is 1.68. The lowest BCUT2D eigenvalue weighted by Gasteiger charge is -2.08. The van der Waals surface area contributed by atoms with E-state index in [9.17, 15) is 0 Å². The second-order valence-electron chi connectivity index (χ2n) is 3.56. The Balaban J connectivity index is 2.07. The molecule has 0 amide bonds. The van der Waals surface area contributed by atoms with Gasteiger partial charge in [0, 0.05) is 18.8 Å². The standard InChI is InChI=1S/C11H13BrN4O/c1-16-7-14-15-11(16)6-13-8-3-4-9(12)10(5-8)17-2/h3-5,7,13H,6H2,1-2H3. The smallest absolute Gasteiger partial charge is 0.151 e. The van der Waals surface area contributed by atoms with Crippen LogP contribution in [-0.2, 0) is 13.6 Å². The molecule has 0 aliphatic heterocycles. The Morgan fingerprint density at radius 1 is 1.47 bits per heavy atom. The quantitative estimate of drug-likeness (QED) is 0.940. The van der Waals surface area contributed by atoms with E-state index >= 15 is 0 Å². The Kier molecular flexibility index (Phi) is 3.63. The molecule has 2 rings (SSSR count). The number of aryl methyl sites for hydroxylation is 1. The molecule has 0 fully saturated rings. The van der Waals surface area contributed by atoms with Gasteiger partial charge in [0.05, 0.1) is 18.1 Å². The summed E-state index contributed by atoms with van der Waals surface area (Å²) in [6.45, 7) is 0.626. The Bertz CT molecular complexity index is 512. The van der Waals surface area contributed by atoms with Crippen LogP contribution in [0.15, 0.2) is 29.0 Å². The van der Waals surface area contributed by atoms with Crippen LogP contribution in [-0.4, -0.2) is 21.9 Å². The van der Waals surface area contributed by atoms with E-state index in [1.807, 2.05) is 29.8 Å². The van der Waals surface area contributed by atoms with Crippen LogP contribution in [0.4, 0.5) is 5.69 Å². The normalized spacial score (nSPS) is 10.3. The van der Waals surface area contributed by atoms with Crippen molar-refractivity contribution in [1.82, 2.24) is 14.8 Å². The Hall–Kier alpha value is -1.56. The third-order valence-corrected chi connectivity index (χ3v) is 3.06. The molecular formula is C11H13BrN4O. The first-order chi connectivity index (χ1) is 8.20. The van der Waals surface area contributed by atoms with Gasteiger partial charge in [0.1, 0.15) is 12.1 Å². The number of anilines is 1. The van der Waals surface area contributed by atoms with Crippen LogP contribution in [0.1, 0.15) is 5.82 Å². The van der Waals surface area contributed by atoms with Crippen LogP contribution in [0.5, 0.6) is 5.75 Å². The molecule has 0 saturated heterocycles. The molecule has 90 valence electrons. The molecule has 5 nitrogen and oxygen atoms in total. The Labute approximate surface area is 108 Å². The number of nitrogens with zero attached hydrogens (tertiary/aromatic N) is 3. The summed E-state index contributed by atoms with van der Waals surface area (Å²) >= 11 is 3.41. The molecule has 1 heterocycles. The molecule has 0 atom stereocenters. The maximum absolute atomic E-state index is 5.23. The van der Waals surface area contributed by atoms with Crippen molar-refractivity contribution in [3.63, 3.8) is 0 Å². The van der Waals surface area contributed by atoms with E-state index in [4.69, 9.17) is 4.74 Å². The van der Waals surface area contributed by atoms with Gasteiger partial charge in [-0.3, -0.25) is 0 Å². The summed E-state index contributed by atoms with van der Waals surface area (Å²) in [7, 11) is 3.56. The van der Waals surface area contributed by atoms with Crippen LogP contribution in [0.3, 0.4) is 0 Å².